The van der Waals surface area contributed by atoms with Crippen LogP contribution < -0.4 is 0 Å². The molecule has 0 aliphatic carbocycles. The van der Waals surface area contributed by atoms with Crippen LogP contribution in [0.25, 0.3) is 0 Å². The number of nitrogens with zero attached hydrogens (tertiary/aromatic N) is 1. The molecule has 2 unspecified atom stereocenters. The van der Waals surface area contributed by atoms with Crippen molar-refractivity contribution in [1.29, 1.82) is 0 Å². The third-order valence-electron chi connectivity index (χ3n) is 4.02. The monoisotopic (exact) mass is 303 g/mol. The minimum atomic E-state index is -1.11. The topological polar surface area (TPSA) is 59.3 Å². The van der Waals surface area contributed by atoms with Crippen LogP contribution in [0.4, 0.5) is 0 Å². The smallest absolute Gasteiger partial charge is 0.312 e. The third-order valence-corrected chi connectivity index (χ3v) is 4.99. The molecule has 1 aromatic heterocycles. The molecule has 1 N–H and O–H groups in total. The molecule has 3 rings (SSSR count). The van der Waals surface area contributed by atoms with E-state index in [9.17, 15) is 14.1 Å². The van der Waals surface area contributed by atoms with Crippen LogP contribution in [-0.4, -0.2) is 26.1 Å². The van der Waals surface area contributed by atoms with Gasteiger partial charge in [0.25, 0.3) is 0 Å². The molecule has 0 radical (unpaired) electrons. The Morgan fingerprint density at radius 1 is 1.38 bits per heavy atom. The van der Waals surface area contributed by atoms with Gasteiger partial charge in [-0.15, -0.1) is 0 Å². The average Bonchev–Trinajstić information content (AvgIpc) is 3.00. The van der Waals surface area contributed by atoms with Gasteiger partial charge in [0, 0.05) is 30.6 Å². The highest BCUT2D eigenvalue weighted by Gasteiger charge is 2.32. The molecule has 2 aromatic rings. The van der Waals surface area contributed by atoms with Gasteiger partial charge in [-0.1, -0.05) is 30.3 Å². The maximum absolute atomic E-state index is 12.0. The minimum Gasteiger partial charge on any atom is -0.481 e. The quantitative estimate of drug-likeness (QED) is 0.943. The van der Waals surface area contributed by atoms with Crippen LogP contribution in [0.2, 0.25) is 0 Å². The molecule has 1 aliphatic rings. The Kier molecular flexibility index (Phi) is 3.68. The predicted molar refractivity (Wildman–Crippen MR) is 81.0 cm³/mol. The van der Waals surface area contributed by atoms with Gasteiger partial charge in [0.2, 0.25) is 0 Å². The fourth-order valence-corrected chi connectivity index (χ4v) is 3.81. The maximum atomic E-state index is 12.0. The van der Waals surface area contributed by atoms with Crippen molar-refractivity contribution >= 4 is 16.8 Å². The Labute approximate surface area is 125 Å². The Hall–Kier alpha value is -1.88. The zero-order valence-electron chi connectivity index (χ0n) is 11.8. The van der Waals surface area contributed by atoms with Crippen LogP contribution in [0.3, 0.4) is 0 Å². The number of aliphatic carboxylic acids is 1. The van der Waals surface area contributed by atoms with Crippen LogP contribution in [0.5, 0.6) is 0 Å². The number of fused-ring (bicyclic) bond motifs is 1. The van der Waals surface area contributed by atoms with Gasteiger partial charge in [-0.05, 0) is 18.1 Å². The summed E-state index contributed by atoms with van der Waals surface area (Å²) in [7, 11) is -1.11. The molecule has 21 heavy (non-hydrogen) atoms. The SMILES string of the molecule is CS(=O)c1cc2n(c1Cc1ccccc1)CCC2C(=O)O. The van der Waals surface area contributed by atoms with Crippen molar-refractivity contribution in [3.63, 3.8) is 0 Å². The lowest BCUT2D eigenvalue weighted by Crippen LogP contribution is -2.07. The highest BCUT2D eigenvalue weighted by Crippen LogP contribution is 2.35. The van der Waals surface area contributed by atoms with Crippen molar-refractivity contribution < 1.29 is 14.1 Å². The fraction of sp³-hybridized carbons (Fsp3) is 0.312. The lowest BCUT2D eigenvalue weighted by molar-refractivity contribution is -0.138. The van der Waals surface area contributed by atoms with E-state index in [0.29, 0.717) is 19.4 Å². The number of aromatic nitrogens is 1. The van der Waals surface area contributed by atoms with E-state index in [-0.39, 0.29) is 0 Å². The van der Waals surface area contributed by atoms with E-state index >= 15 is 0 Å². The first-order chi connectivity index (χ1) is 10.1. The second kappa shape index (κ2) is 5.48. The lowest BCUT2D eigenvalue weighted by atomic mass is 10.1. The van der Waals surface area contributed by atoms with Gasteiger partial charge < -0.3 is 9.67 Å². The molecular weight excluding hydrogens is 286 g/mol. The first-order valence-corrected chi connectivity index (χ1v) is 8.46. The normalized spacial score (nSPS) is 18.4. The van der Waals surface area contributed by atoms with Gasteiger partial charge in [-0.2, -0.15) is 0 Å². The van der Waals surface area contributed by atoms with Gasteiger partial charge in [-0.25, -0.2) is 0 Å². The highest BCUT2D eigenvalue weighted by atomic mass is 32.2. The van der Waals surface area contributed by atoms with Crippen molar-refractivity contribution in [2.45, 2.75) is 30.2 Å². The summed E-state index contributed by atoms with van der Waals surface area (Å²) in [6.07, 6.45) is 2.94. The van der Waals surface area contributed by atoms with Crippen LogP contribution >= 0.6 is 0 Å². The van der Waals surface area contributed by atoms with Crippen molar-refractivity contribution in [2.24, 2.45) is 0 Å². The number of rotatable bonds is 4. The summed E-state index contributed by atoms with van der Waals surface area (Å²) < 4.78 is 14.0. The Morgan fingerprint density at radius 3 is 2.71 bits per heavy atom. The standard InChI is InChI=1S/C16H17NO3S/c1-21(20)15-10-13-12(16(18)19)7-8-17(13)14(15)9-11-5-3-2-4-6-11/h2-6,10,12H,7-9H2,1H3,(H,18,19). The Morgan fingerprint density at radius 2 is 2.10 bits per heavy atom. The second-order valence-electron chi connectivity index (χ2n) is 5.33. The van der Waals surface area contributed by atoms with Crippen LogP contribution in [-0.2, 0) is 28.6 Å². The number of hydrogen-bond acceptors (Lipinski definition) is 2. The molecule has 1 aliphatic heterocycles. The zero-order valence-corrected chi connectivity index (χ0v) is 12.6. The zero-order chi connectivity index (χ0) is 15.0. The van der Waals surface area contributed by atoms with E-state index in [1.54, 1.807) is 6.26 Å². The summed E-state index contributed by atoms with van der Waals surface area (Å²) in [6, 6.07) is 11.8. The predicted octanol–water partition coefficient (Wildman–Crippen LogP) is 2.39. The largest absolute Gasteiger partial charge is 0.481 e. The van der Waals surface area contributed by atoms with E-state index in [0.717, 1.165) is 21.8 Å². The number of carboxylic acid groups (broad SMARTS) is 1. The molecule has 2 atom stereocenters. The number of carboxylic acids is 1. The molecular formula is C16H17NO3S. The Bertz CT molecular complexity index is 706. The minimum absolute atomic E-state index is 0.475. The van der Waals surface area contributed by atoms with Gasteiger partial charge in [0.1, 0.15) is 0 Å². The molecule has 0 saturated carbocycles. The van der Waals surface area contributed by atoms with E-state index < -0.39 is 22.7 Å². The molecule has 1 aromatic carbocycles. The molecule has 4 nitrogen and oxygen atoms in total. The van der Waals surface area contributed by atoms with Crippen molar-refractivity contribution in [1.82, 2.24) is 4.57 Å². The van der Waals surface area contributed by atoms with Gasteiger partial charge >= 0.3 is 5.97 Å². The first-order valence-electron chi connectivity index (χ1n) is 6.90. The summed E-state index contributed by atoms with van der Waals surface area (Å²) >= 11 is 0. The number of hydrogen-bond donors (Lipinski definition) is 1. The average molecular weight is 303 g/mol. The molecule has 0 bridgehead atoms. The van der Waals surface area contributed by atoms with Crippen LogP contribution in [0.1, 0.15) is 29.3 Å². The van der Waals surface area contributed by atoms with E-state index in [1.807, 2.05) is 41.0 Å². The third kappa shape index (κ3) is 2.53. The summed E-state index contributed by atoms with van der Waals surface area (Å²) in [5.74, 6) is -1.28. The molecule has 0 fully saturated rings. The second-order valence-corrected chi connectivity index (χ2v) is 6.68. The van der Waals surface area contributed by atoms with Gasteiger partial charge in [-0.3, -0.25) is 9.00 Å². The summed E-state index contributed by atoms with van der Waals surface area (Å²) in [4.78, 5) is 12.1. The molecule has 110 valence electrons. The maximum Gasteiger partial charge on any atom is 0.312 e. The van der Waals surface area contributed by atoms with Crippen molar-refractivity contribution in [3.8, 4) is 0 Å². The van der Waals surface area contributed by atoms with Gasteiger partial charge in [0.05, 0.1) is 21.6 Å². The lowest BCUT2D eigenvalue weighted by Gasteiger charge is -2.08. The van der Waals surface area contributed by atoms with Crippen LogP contribution in [0, 0.1) is 0 Å². The summed E-state index contributed by atoms with van der Waals surface area (Å²) in [5, 5.41) is 9.30. The highest BCUT2D eigenvalue weighted by molar-refractivity contribution is 7.84. The molecule has 0 amide bonds. The van der Waals surface area contributed by atoms with E-state index in [4.69, 9.17) is 0 Å². The first kappa shape index (κ1) is 14.1. The van der Waals surface area contributed by atoms with Crippen molar-refractivity contribution in [3.05, 3.63) is 53.3 Å². The van der Waals surface area contributed by atoms with Crippen LogP contribution in [0.15, 0.2) is 41.3 Å². The summed E-state index contributed by atoms with van der Waals surface area (Å²) in [6.45, 7) is 0.686. The molecule has 2 heterocycles. The molecule has 0 spiro atoms. The summed E-state index contributed by atoms with van der Waals surface area (Å²) in [5.41, 5.74) is 2.92. The van der Waals surface area contributed by atoms with E-state index in [2.05, 4.69) is 0 Å². The van der Waals surface area contributed by atoms with Gasteiger partial charge in [0.15, 0.2) is 0 Å². The van der Waals surface area contributed by atoms with E-state index in [1.165, 1.54) is 0 Å². The Balaban J connectivity index is 2.05. The number of carbonyl (C=O) groups is 1. The number of benzene rings is 1. The molecule has 0 saturated heterocycles. The fourth-order valence-electron chi connectivity index (χ4n) is 3.01. The molecule has 5 heteroatoms. The van der Waals surface area contributed by atoms with Crippen molar-refractivity contribution in [2.75, 3.05) is 6.26 Å².